The van der Waals surface area contributed by atoms with Crippen LogP contribution < -0.4 is 4.74 Å². The van der Waals surface area contributed by atoms with E-state index in [1.165, 1.54) is 12.1 Å². The van der Waals surface area contributed by atoms with Gasteiger partial charge in [0.2, 0.25) is 0 Å². The molecule has 2 atom stereocenters. The Hall–Kier alpha value is -2.72. The third-order valence-electron chi connectivity index (χ3n) is 5.64. The van der Waals surface area contributed by atoms with Crippen molar-refractivity contribution in [3.05, 3.63) is 78.4 Å². The smallest absolute Gasteiger partial charge is 0.297 e. The molecule has 0 bridgehead atoms. The predicted molar refractivity (Wildman–Crippen MR) is 126 cm³/mol. The van der Waals surface area contributed by atoms with Crippen LogP contribution in [0, 0.1) is 6.92 Å². The largest absolute Gasteiger partial charge is 0.494 e. The average molecular weight is 487 g/mol. The molecule has 0 saturated carbocycles. The molecule has 8 nitrogen and oxygen atoms in total. The first-order chi connectivity index (χ1) is 16.4. The molecule has 9 heteroatoms. The van der Waals surface area contributed by atoms with Crippen LogP contribution in [0.1, 0.15) is 24.5 Å². The number of rotatable bonds is 11. The minimum atomic E-state index is -3.88. The van der Waals surface area contributed by atoms with E-state index in [0.29, 0.717) is 19.6 Å². The molecule has 34 heavy (non-hydrogen) atoms. The second-order valence-corrected chi connectivity index (χ2v) is 9.94. The SMILES string of the molecule is CCOc1ccc(CC[C@]2(Cn3ccnc3)OC[C@H](COS(=O)(=O)c3ccc(C)cc3)O2)cc1. The van der Waals surface area contributed by atoms with E-state index in [4.69, 9.17) is 18.4 Å². The quantitative estimate of drug-likeness (QED) is 0.382. The molecule has 3 aromatic rings. The van der Waals surface area contributed by atoms with E-state index in [0.717, 1.165) is 23.3 Å². The standard InChI is InChI=1S/C25H30N2O6S/c1-3-30-22-8-6-21(7-9-22)12-13-25(18-27-15-14-26-19-27)31-16-23(33-25)17-32-34(28,29)24-10-4-20(2)5-11-24/h4-11,14-15,19,23H,3,12-13,16-18H2,1-2H3/t23-,25+/m1/s1. The van der Waals surface area contributed by atoms with E-state index in [2.05, 4.69) is 4.98 Å². The summed E-state index contributed by atoms with van der Waals surface area (Å²) in [6.07, 6.45) is 6.04. The lowest BCUT2D eigenvalue weighted by Gasteiger charge is -2.28. The molecule has 1 aromatic heterocycles. The minimum Gasteiger partial charge on any atom is -0.494 e. The molecule has 0 unspecified atom stereocenters. The third kappa shape index (κ3) is 6.24. The zero-order valence-corrected chi connectivity index (χ0v) is 20.2. The highest BCUT2D eigenvalue weighted by molar-refractivity contribution is 7.86. The summed E-state index contributed by atoms with van der Waals surface area (Å²) < 4.78 is 50.2. The Kier molecular flexibility index (Phi) is 7.67. The zero-order chi connectivity index (χ0) is 24.0. The maximum absolute atomic E-state index is 12.6. The molecule has 4 rings (SSSR count). The molecule has 0 N–H and O–H groups in total. The lowest BCUT2D eigenvalue weighted by atomic mass is 10.0. The number of ether oxygens (including phenoxy) is 3. The van der Waals surface area contributed by atoms with Gasteiger partial charge in [0.15, 0.2) is 5.79 Å². The second kappa shape index (κ2) is 10.7. The van der Waals surface area contributed by atoms with Crippen LogP contribution >= 0.6 is 0 Å². The van der Waals surface area contributed by atoms with Crippen molar-refractivity contribution in [2.45, 2.75) is 50.0 Å². The average Bonchev–Trinajstić information content (AvgIpc) is 3.48. The van der Waals surface area contributed by atoms with Gasteiger partial charge in [-0.2, -0.15) is 8.42 Å². The number of aromatic nitrogens is 2. The van der Waals surface area contributed by atoms with Crippen molar-refractivity contribution in [3.8, 4) is 5.75 Å². The first-order valence-electron chi connectivity index (χ1n) is 11.3. The van der Waals surface area contributed by atoms with Crippen molar-refractivity contribution in [2.75, 3.05) is 19.8 Å². The van der Waals surface area contributed by atoms with Crippen LogP contribution in [0.5, 0.6) is 5.75 Å². The first-order valence-corrected chi connectivity index (χ1v) is 12.7. The normalized spacial score (nSPS) is 20.5. The maximum atomic E-state index is 12.6. The number of hydrogen-bond donors (Lipinski definition) is 0. The summed E-state index contributed by atoms with van der Waals surface area (Å²) in [6, 6.07) is 14.5. The fourth-order valence-electron chi connectivity index (χ4n) is 3.84. The zero-order valence-electron chi connectivity index (χ0n) is 19.4. The first kappa shape index (κ1) is 24.4. The highest BCUT2D eigenvalue weighted by atomic mass is 32.2. The highest BCUT2D eigenvalue weighted by Crippen LogP contribution is 2.32. The van der Waals surface area contributed by atoms with Gasteiger partial charge in [-0.05, 0) is 50.1 Å². The van der Waals surface area contributed by atoms with Gasteiger partial charge in [0, 0.05) is 18.8 Å². The molecule has 2 heterocycles. The molecule has 0 amide bonds. The molecule has 1 saturated heterocycles. The van der Waals surface area contributed by atoms with Crippen molar-refractivity contribution in [1.82, 2.24) is 9.55 Å². The summed E-state index contributed by atoms with van der Waals surface area (Å²) in [6.45, 7) is 5.03. The molecule has 182 valence electrons. The molecular formula is C25H30N2O6S. The van der Waals surface area contributed by atoms with Crippen LogP contribution in [0.25, 0.3) is 0 Å². The van der Waals surface area contributed by atoms with Gasteiger partial charge in [-0.15, -0.1) is 0 Å². The summed E-state index contributed by atoms with van der Waals surface area (Å²) in [4.78, 5) is 4.22. The van der Waals surface area contributed by atoms with Crippen LogP contribution in [0.4, 0.5) is 0 Å². The molecule has 2 aromatic carbocycles. The second-order valence-electron chi connectivity index (χ2n) is 8.33. The van der Waals surface area contributed by atoms with Gasteiger partial charge in [0.25, 0.3) is 10.1 Å². The summed E-state index contributed by atoms with van der Waals surface area (Å²) in [5.74, 6) is -0.0826. The Labute approximate surface area is 200 Å². The van der Waals surface area contributed by atoms with E-state index >= 15 is 0 Å². The lowest BCUT2D eigenvalue weighted by molar-refractivity contribution is -0.184. The van der Waals surface area contributed by atoms with Gasteiger partial charge in [-0.3, -0.25) is 4.18 Å². The van der Waals surface area contributed by atoms with Crippen LogP contribution in [-0.2, 0) is 36.7 Å². The van der Waals surface area contributed by atoms with Crippen LogP contribution in [-0.4, -0.2) is 49.7 Å². The summed E-state index contributed by atoms with van der Waals surface area (Å²) in [5, 5.41) is 0. The van der Waals surface area contributed by atoms with Gasteiger partial charge >= 0.3 is 0 Å². The third-order valence-corrected chi connectivity index (χ3v) is 6.94. The van der Waals surface area contributed by atoms with Crippen molar-refractivity contribution in [2.24, 2.45) is 0 Å². The number of hydrogen-bond acceptors (Lipinski definition) is 7. The lowest BCUT2D eigenvalue weighted by Crippen LogP contribution is -2.37. The molecule has 0 spiro atoms. The van der Waals surface area contributed by atoms with Gasteiger partial charge in [0.05, 0.1) is 37.6 Å². The van der Waals surface area contributed by atoms with E-state index in [-0.39, 0.29) is 18.1 Å². The highest BCUT2D eigenvalue weighted by Gasteiger charge is 2.42. The minimum absolute atomic E-state index is 0.120. The van der Waals surface area contributed by atoms with Gasteiger partial charge in [-0.1, -0.05) is 29.8 Å². The van der Waals surface area contributed by atoms with Crippen LogP contribution in [0.2, 0.25) is 0 Å². The van der Waals surface area contributed by atoms with Crippen molar-refractivity contribution in [1.29, 1.82) is 0 Å². The maximum Gasteiger partial charge on any atom is 0.297 e. The van der Waals surface area contributed by atoms with Gasteiger partial charge in [0.1, 0.15) is 11.9 Å². The topological polar surface area (TPSA) is 88.9 Å². The van der Waals surface area contributed by atoms with Gasteiger partial charge in [-0.25, -0.2) is 4.98 Å². The molecule has 1 aliphatic heterocycles. The monoisotopic (exact) mass is 486 g/mol. The molecule has 1 aliphatic rings. The Morgan fingerprint density at radius 1 is 1.15 bits per heavy atom. The summed E-state index contributed by atoms with van der Waals surface area (Å²) in [7, 11) is -3.88. The fourth-order valence-corrected chi connectivity index (χ4v) is 4.78. The number of imidazole rings is 1. The van der Waals surface area contributed by atoms with Gasteiger partial charge < -0.3 is 18.8 Å². The van der Waals surface area contributed by atoms with Crippen LogP contribution in [0.3, 0.4) is 0 Å². The molecular weight excluding hydrogens is 456 g/mol. The summed E-state index contributed by atoms with van der Waals surface area (Å²) >= 11 is 0. The molecule has 0 radical (unpaired) electrons. The molecule has 1 fully saturated rings. The predicted octanol–water partition coefficient (Wildman–Crippen LogP) is 3.74. The van der Waals surface area contributed by atoms with E-state index in [1.54, 1.807) is 24.7 Å². The fraction of sp³-hybridized carbons (Fsp3) is 0.400. The van der Waals surface area contributed by atoms with E-state index < -0.39 is 22.0 Å². The number of benzene rings is 2. The van der Waals surface area contributed by atoms with Crippen molar-refractivity contribution in [3.63, 3.8) is 0 Å². The van der Waals surface area contributed by atoms with E-state index in [1.807, 2.05) is 48.9 Å². The Morgan fingerprint density at radius 2 is 1.91 bits per heavy atom. The number of aryl methyl sites for hydroxylation is 2. The van der Waals surface area contributed by atoms with Crippen LogP contribution in [0.15, 0.2) is 72.1 Å². The Bertz CT molecular complexity index is 1150. The Balaban J connectivity index is 1.40. The Morgan fingerprint density at radius 3 is 2.59 bits per heavy atom. The number of nitrogens with zero attached hydrogens (tertiary/aromatic N) is 2. The van der Waals surface area contributed by atoms with Crippen molar-refractivity contribution < 1.29 is 26.8 Å². The van der Waals surface area contributed by atoms with E-state index in [9.17, 15) is 8.42 Å². The summed E-state index contributed by atoms with van der Waals surface area (Å²) in [5.41, 5.74) is 2.10. The van der Waals surface area contributed by atoms with Crippen molar-refractivity contribution >= 4 is 10.1 Å². The molecule has 0 aliphatic carbocycles.